The molecule has 0 unspecified atom stereocenters. The van der Waals surface area contributed by atoms with Gasteiger partial charge in [-0.15, -0.1) is 0 Å². The van der Waals surface area contributed by atoms with Gasteiger partial charge in [0.1, 0.15) is 5.75 Å². The predicted octanol–water partition coefficient (Wildman–Crippen LogP) is 3.05. The maximum Gasteiger partial charge on any atom is 0.186 e. The van der Waals surface area contributed by atoms with Crippen molar-refractivity contribution in [3.8, 4) is 28.8 Å². The Balaban J connectivity index is 1.96. The minimum Gasteiger partial charge on any atom is -0.467 e. The summed E-state index contributed by atoms with van der Waals surface area (Å²) >= 11 is 0. The number of nitrogens with zero attached hydrogens (tertiary/aromatic N) is 3. The van der Waals surface area contributed by atoms with Gasteiger partial charge in [0, 0.05) is 17.8 Å². The predicted molar refractivity (Wildman–Crippen MR) is 86.2 cm³/mol. The van der Waals surface area contributed by atoms with E-state index >= 15 is 0 Å². The van der Waals surface area contributed by atoms with Crippen LogP contribution in [0.2, 0.25) is 0 Å². The highest BCUT2D eigenvalue weighted by Crippen LogP contribution is 2.24. The Labute approximate surface area is 134 Å². The van der Waals surface area contributed by atoms with Crippen LogP contribution in [0.3, 0.4) is 0 Å². The smallest absolute Gasteiger partial charge is 0.186 e. The molecule has 1 N–H and O–H groups in total. The number of aliphatic hydroxyl groups excluding tert-OH is 1. The van der Waals surface area contributed by atoms with E-state index in [1.807, 2.05) is 55.6 Å². The second-order valence-electron chi connectivity index (χ2n) is 5.06. The highest BCUT2D eigenvalue weighted by Gasteiger charge is 2.07. The first-order chi connectivity index (χ1) is 11.2. The number of aromatic nitrogens is 2. The topological polar surface area (TPSA) is 71.1 Å². The molecule has 0 saturated heterocycles. The Morgan fingerprint density at radius 1 is 1.22 bits per heavy atom. The molecule has 23 heavy (non-hydrogen) atoms. The summed E-state index contributed by atoms with van der Waals surface area (Å²) in [5.74, 6) is 0.619. The second-order valence-corrected chi connectivity index (χ2v) is 5.06. The Morgan fingerprint density at radius 3 is 2.87 bits per heavy atom. The standard InChI is InChI=1S/C18H15N3O2/c1-13-5-6-16(10-18(13)23-12-22)21-8-7-17(20-21)15-4-2-3-14(9-15)11-19/h2-10,22H,12H2,1H3. The van der Waals surface area contributed by atoms with Gasteiger partial charge in [-0.2, -0.15) is 10.4 Å². The lowest BCUT2D eigenvalue weighted by Gasteiger charge is -2.09. The van der Waals surface area contributed by atoms with Gasteiger partial charge < -0.3 is 9.84 Å². The number of aliphatic hydroxyl groups is 1. The van der Waals surface area contributed by atoms with Crippen LogP contribution in [-0.4, -0.2) is 21.7 Å². The van der Waals surface area contributed by atoms with Crippen LogP contribution in [-0.2, 0) is 0 Å². The van der Waals surface area contributed by atoms with Crippen molar-refractivity contribution in [3.63, 3.8) is 0 Å². The Kier molecular flexibility index (Phi) is 4.09. The number of rotatable bonds is 4. The van der Waals surface area contributed by atoms with Crippen molar-refractivity contribution in [3.05, 3.63) is 65.9 Å². The molecule has 0 fully saturated rings. The van der Waals surface area contributed by atoms with Gasteiger partial charge in [-0.25, -0.2) is 4.68 Å². The molecular formula is C18H15N3O2. The van der Waals surface area contributed by atoms with E-state index in [-0.39, 0.29) is 6.79 Å². The van der Waals surface area contributed by atoms with E-state index in [2.05, 4.69) is 11.2 Å². The number of hydrogen-bond acceptors (Lipinski definition) is 4. The van der Waals surface area contributed by atoms with Gasteiger partial charge in [0.15, 0.2) is 6.79 Å². The number of ether oxygens (including phenoxy) is 1. The van der Waals surface area contributed by atoms with Gasteiger partial charge in [0.25, 0.3) is 0 Å². The third kappa shape index (κ3) is 3.07. The highest BCUT2D eigenvalue weighted by molar-refractivity contribution is 5.61. The lowest BCUT2D eigenvalue weighted by molar-refractivity contribution is 0.0978. The number of nitriles is 1. The fourth-order valence-electron chi connectivity index (χ4n) is 2.33. The molecule has 3 rings (SSSR count). The van der Waals surface area contributed by atoms with E-state index in [4.69, 9.17) is 15.1 Å². The molecule has 0 aliphatic carbocycles. The van der Waals surface area contributed by atoms with Gasteiger partial charge in [0.2, 0.25) is 0 Å². The molecule has 0 spiro atoms. The molecule has 114 valence electrons. The van der Waals surface area contributed by atoms with Crippen molar-refractivity contribution in [2.45, 2.75) is 6.92 Å². The molecule has 0 radical (unpaired) electrons. The van der Waals surface area contributed by atoms with Crippen LogP contribution in [0.5, 0.6) is 5.75 Å². The van der Waals surface area contributed by atoms with Gasteiger partial charge in [-0.1, -0.05) is 18.2 Å². The lowest BCUT2D eigenvalue weighted by atomic mass is 10.1. The molecule has 0 amide bonds. The zero-order chi connectivity index (χ0) is 16.2. The first kappa shape index (κ1) is 14.8. The summed E-state index contributed by atoms with van der Waals surface area (Å²) < 4.78 is 6.93. The van der Waals surface area contributed by atoms with Gasteiger partial charge in [-0.05, 0) is 36.8 Å². The monoisotopic (exact) mass is 305 g/mol. The summed E-state index contributed by atoms with van der Waals surface area (Å²) in [5.41, 5.74) is 4.05. The number of hydrogen-bond donors (Lipinski definition) is 1. The fourth-order valence-corrected chi connectivity index (χ4v) is 2.33. The number of aryl methyl sites for hydroxylation is 1. The van der Waals surface area contributed by atoms with Crippen molar-refractivity contribution in [2.75, 3.05) is 6.79 Å². The van der Waals surface area contributed by atoms with E-state index in [1.54, 1.807) is 10.7 Å². The number of benzene rings is 2. The van der Waals surface area contributed by atoms with Crippen LogP contribution in [0, 0.1) is 18.3 Å². The average molecular weight is 305 g/mol. The molecule has 0 aliphatic heterocycles. The zero-order valence-electron chi connectivity index (χ0n) is 12.6. The molecule has 3 aromatic rings. The summed E-state index contributed by atoms with van der Waals surface area (Å²) in [6.45, 7) is 1.55. The van der Waals surface area contributed by atoms with Crippen molar-refractivity contribution >= 4 is 0 Å². The summed E-state index contributed by atoms with van der Waals surface area (Å²) in [7, 11) is 0. The minimum atomic E-state index is -0.365. The SMILES string of the molecule is Cc1ccc(-n2ccc(-c3cccc(C#N)c3)n2)cc1OCO. The van der Waals surface area contributed by atoms with Crippen LogP contribution in [0.25, 0.3) is 16.9 Å². The molecule has 0 bridgehead atoms. The molecule has 5 heteroatoms. The van der Waals surface area contributed by atoms with Gasteiger partial charge in [-0.3, -0.25) is 0 Å². The van der Waals surface area contributed by atoms with Crippen LogP contribution in [0.1, 0.15) is 11.1 Å². The highest BCUT2D eigenvalue weighted by atomic mass is 16.6. The largest absolute Gasteiger partial charge is 0.467 e. The maximum absolute atomic E-state index is 8.99. The molecule has 0 saturated carbocycles. The Morgan fingerprint density at radius 2 is 2.09 bits per heavy atom. The Hall–Kier alpha value is -3.10. The summed E-state index contributed by atoms with van der Waals surface area (Å²) in [6.07, 6.45) is 1.85. The molecule has 1 aromatic heterocycles. The zero-order valence-corrected chi connectivity index (χ0v) is 12.6. The van der Waals surface area contributed by atoms with Crippen LogP contribution < -0.4 is 4.74 Å². The molecule has 2 aromatic carbocycles. The van der Waals surface area contributed by atoms with E-state index < -0.39 is 0 Å². The van der Waals surface area contributed by atoms with Crippen molar-refractivity contribution < 1.29 is 9.84 Å². The fraction of sp³-hybridized carbons (Fsp3) is 0.111. The van der Waals surface area contributed by atoms with Crippen LogP contribution >= 0.6 is 0 Å². The van der Waals surface area contributed by atoms with Gasteiger partial charge in [0.05, 0.1) is 23.0 Å². The first-order valence-electron chi connectivity index (χ1n) is 7.12. The van der Waals surface area contributed by atoms with Crippen molar-refractivity contribution in [1.29, 1.82) is 5.26 Å². The van der Waals surface area contributed by atoms with Crippen molar-refractivity contribution in [2.24, 2.45) is 0 Å². The van der Waals surface area contributed by atoms with Crippen LogP contribution in [0.15, 0.2) is 54.7 Å². The van der Waals surface area contributed by atoms with E-state index in [1.165, 1.54) is 0 Å². The normalized spacial score (nSPS) is 10.3. The quantitative estimate of drug-likeness (QED) is 0.752. The van der Waals surface area contributed by atoms with Gasteiger partial charge >= 0.3 is 0 Å². The first-order valence-corrected chi connectivity index (χ1v) is 7.12. The molecule has 5 nitrogen and oxygen atoms in total. The second kappa shape index (κ2) is 6.34. The third-order valence-electron chi connectivity index (χ3n) is 3.53. The molecule has 0 atom stereocenters. The minimum absolute atomic E-state index is 0.365. The third-order valence-corrected chi connectivity index (χ3v) is 3.53. The van der Waals surface area contributed by atoms with E-state index in [0.717, 1.165) is 22.5 Å². The molecule has 1 heterocycles. The molecule has 0 aliphatic rings. The van der Waals surface area contributed by atoms with E-state index in [0.29, 0.717) is 11.3 Å². The Bertz CT molecular complexity index is 878. The maximum atomic E-state index is 8.99. The molecular weight excluding hydrogens is 290 g/mol. The summed E-state index contributed by atoms with van der Waals surface area (Å²) in [6, 6.07) is 17.0. The lowest BCUT2D eigenvalue weighted by Crippen LogP contribution is -2.00. The summed E-state index contributed by atoms with van der Waals surface area (Å²) in [5, 5.41) is 22.5. The van der Waals surface area contributed by atoms with E-state index in [9.17, 15) is 0 Å². The van der Waals surface area contributed by atoms with Crippen molar-refractivity contribution in [1.82, 2.24) is 9.78 Å². The van der Waals surface area contributed by atoms with Crippen LogP contribution in [0.4, 0.5) is 0 Å². The summed E-state index contributed by atoms with van der Waals surface area (Å²) in [4.78, 5) is 0. The average Bonchev–Trinajstić information content (AvgIpc) is 3.07.